The summed E-state index contributed by atoms with van der Waals surface area (Å²) < 4.78 is 0. The van der Waals surface area contributed by atoms with Crippen molar-refractivity contribution in [3.05, 3.63) is 35.9 Å². The molecule has 1 heterocycles. The summed E-state index contributed by atoms with van der Waals surface area (Å²) in [5.41, 5.74) is 1.44. The number of likely N-dealkylation sites (tertiary alicyclic amines) is 1. The zero-order valence-corrected chi connectivity index (χ0v) is 13.4. The van der Waals surface area contributed by atoms with Crippen LogP contribution in [0.1, 0.15) is 45.1 Å². The molecule has 1 fully saturated rings. The Hall–Kier alpha value is -0.860. The topological polar surface area (TPSA) is 6.48 Å². The highest BCUT2D eigenvalue weighted by Crippen LogP contribution is 2.20. The predicted molar refractivity (Wildman–Crippen MR) is 86.9 cm³/mol. The third kappa shape index (κ3) is 4.07. The fourth-order valence-corrected chi connectivity index (χ4v) is 3.51. The maximum Gasteiger partial charge on any atom is 0.0234 e. The van der Waals surface area contributed by atoms with Crippen molar-refractivity contribution in [2.24, 2.45) is 0 Å². The molecule has 0 aliphatic carbocycles. The Morgan fingerprint density at radius 1 is 1.20 bits per heavy atom. The molecule has 1 unspecified atom stereocenters. The molecular weight excluding hydrogens is 244 g/mol. The lowest BCUT2D eigenvalue weighted by Gasteiger charge is -2.41. The number of nitrogens with zero attached hydrogens (tertiary/aromatic N) is 2. The van der Waals surface area contributed by atoms with E-state index in [9.17, 15) is 0 Å². The highest BCUT2D eigenvalue weighted by Gasteiger charge is 2.26. The van der Waals surface area contributed by atoms with Gasteiger partial charge in [0.1, 0.15) is 0 Å². The minimum absolute atomic E-state index is 0.734. The van der Waals surface area contributed by atoms with Gasteiger partial charge in [-0.25, -0.2) is 0 Å². The lowest BCUT2D eigenvalue weighted by molar-refractivity contribution is 0.0789. The van der Waals surface area contributed by atoms with Crippen molar-refractivity contribution in [2.45, 2.75) is 58.2 Å². The average molecular weight is 274 g/mol. The molecule has 1 atom stereocenters. The Morgan fingerprint density at radius 2 is 1.90 bits per heavy atom. The summed E-state index contributed by atoms with van der Waals surface area (Å²) in [5.74, 6) is 0. The van der Waals surface area contributed by atoms with Crippen molar-refractivity contribution in [3.63, 3.8) is 0 Å². The zero-order chi connectivity index (χ0) is 14.4. The first-order valence-corrected chi connectivity index (χ1v) is 8.22. The Bertz CT molecular complexity index is 372. The van der Waals surface area contributed by atoms with Crippen molar-refractivity contribution in [1.29, 1.82) is 0 Å². The van der Waals surface area contributed by atoms with Crippen molar-refractivity contribution < 1.29 is 0 Å². The van der Waals surface area contributed by atoms with Gasteiger partial charge in [0.25, 0.3) is 0 Å². The van der Waals surface area contributed by atoms with Crippen molar-refractivity contribution in [2.75, 3.05) is 20.1 Å². The molecule has 2 rings (SSSR count). The van der Waals surface area contributed by atoms with Gasteiger partial charge in [0.15, 0.2) is 0 Å². The molecule has 0 amide bonds. The second-order valence-electron chi connectivity index (χ2n) is 6.15. The van der Waals surface area contributed by atoms with E-state index in [1.54, 1.807) is 0 Å². The summed E-state index contributed by atoms with van der Waals surface area (Å²) in [4.78, 5) is 5.26. The van der Waals surface area contributed by atoms with Crippen molar-refractivity contribution in [3.8, 4) is 0 Å². The first-order valence-electron chi connectivity index (χ1n) is 8.22. The van der Waals surface area contributed by atoms with E-state index in [0.717, 1.165) is 18.6 Å². The molecule has 112 valence electrons. The molecule has 0 aromatic heterocycles. The molecule has 0 spiro atoms. The normalized spacial score (nSPS) is 20.8. The molecule has 2 nitrogen and oxygen atoms in total. The van der Waals surface area contributed by atoms with Crippen LogP contribution in [0.25, 0.3) is 0 Å². The summed E-state index contributed by atoms with van der Waals surface area (Å²) in [5, 5.41) is 0. The highest BCUT2D eigenvalue weighted by atomic mass is 15.2. The second kappa shape index (κ2) is 7.80. The minimum Gasteiger partial charge on any atom is -0.299 e. The van der Waals surface area contributed by atoms with Gasteiger partial charge in [0.05, 0.1) is 0 Å². The molecule has 0 saturated carbocycles. The lowest BCUT2D eigenvalue weighted by Crippen LogP contribution is -2.49. The first kappa shape index (κ1) is 15.5. The van der Waals surface area contributed by atoms with Crippen LogP contribution >= 0.6 is 0 Å². The van der Waals surface area contributed by atoms with Gasteiger partial charge in [-0.2, -0.15) is 0 Å². The summed E-state index contributed by atoms with van der Waals surface area (Å²) in [6, 6.07) is 12.4. The number of rotatable bonds is 6. The van der Waals surface area contributed by atoms with Crippen LogP contribution in [0.4, 0.5) is 0 Å². The Labute approximate surface area is 124 Å². The third-order valence-corrected chi connectivity index (χ3v) is 4.82. The van der Waals surface area contributed by atoms with Crippen molar-refractivity contribution >= 4 is 0 Å². The van der Waals surface area contributed by atoms with Crippen LogP contribution in [0.15, 0.2) is 30.3 Å². The fourth-order valence-electron chi connectivity index (χ4n) is 3.51. The molecule has 1 aromatic carbocycles. The van der Waals surface area contributed by atoms with E-state index in [0.29, 0.717) is 0 Å². The van der Waals surface area contributed by atoms with Gasteiger partial charge in [-0.3, -0.25) is 9.80 Å². The summed E-state index contributed by atoms with van der Waals surface area (Å²) in [6.07, 6.45) is 5.23. The second-order valence-corrected chi connectivity index (χ2v) is 6.15. The van der Waals surface area contributed by atoms with E-state index in [4.69, 9.17) is 0 Å². The Kier molecular flexibility index (Phi) is 6.06. The van der Waals surface area contributed by atoms with Crippen LogP contribution in [-0.4, -0.2) is 42.0 Å². The van der Waals surface area contributed by atoms with Gasteiger partial charge in [0.2, 0.25) is 0 Å². The predicted octanol–water partition coefficient (Wildman–Crippen LogP) is 3.77. The monoisotopic (exact) mass is 274 g/mol. The van der Waals surface area contributed by atoms with E-state index in [2.05, 4.69) is 61.0 Å². The van der Waals surface area contributed by atoms with Crippen LogP contribution in [0.3, 0.4) is 0 Å². The van der Waals surface area contributed by atoms with Gasteiger partial charge in [-0.05, 0) is 44.8 Å². The number of hydrogen-bond acceptors (Lipinski definition) is 2. The van der Waals surface area contributed by atoms with Crippen molar-refractivity contribution in [1.82, 2.24) is 9.80 Å². The van der Waals surface area contributed by atoms with E-state index >= 15 is 0 Å². The van der Waals surface area contributed by atoms with E-state index in [-0.39, 0.29) is 0 Å². The SMILES string of the molecule is CCC(CC)N(C)C1CCCN(Cc2ccccc2)C1. The average Bonchev–Trinajstić information content (AvgIpc) is 2.49. The molecule has 20 heavy (non-hydrogen) atoms. The summed E-state index contributed by atoms with van der Waals surface area (Å²) in [6.45, 7) is 8.21. The van der Waals surface area contributed by atoms with E-state index in [1.807, 2.05) is 0 Å². The zero-order valence-electron chi connectivity index (χ0n) is 13.4. The van der Waals surface area contributed by atoms with Crippen LogP contribution in [0, 0.1) is 0 Å². The van der Waals surface area contributed by atoms with Gasteiger partial charge in [-0.1, -0.05) is 44.2 Å². The molecule has 1 aliphatic rings. The minimum atomic E-state index is 0.734. The van der Waals surface area contributed by atoms with Gasteiger partial charge >= 0.3 is 0 Å². The molecule has 0 N–H and O–H groups in total. The van der Waals surface area contributed by atoms with Gasteiger partial charge in [-0.15, -0.1) is 0 Å². The Morgan fingerprint density at radius 3 is 2.55 bits per heavy atom. The molecule has 0 bridgehead atoms. The van der Waals surface area contributed by atoms with Crippen LogP contribution in [0.5, 0.6) is 0 Å². The summed E-state index contributed by atoms with van der Waals surface area (Å²) in [7, 11) is 2.33. The largest absolute Gasteiger partial charge is 0.299 e. The van der Waals surface area contributed by atoms with Crippen LogP contribution < -0.4 is 0 Å². The van der Waals surface area contributed by atoms with E-state index in [1.165, 1.54) is 44.3 Å². The standard InChI is InChI=1S/C18H30N2/c1-4-17(5-2)19(3)18-12-9-13-20(15-18)14-16-10-7-6-8-11-16/h6-8,10-11,17-18H,4-5,9,12-15H2,1-3H3. The number of benzene rings is 1. The van der Waals surface area contributed by atoms with E-state index < -0.39 is 0 Å². The molecule has 1 aliphatic heterocycles. The van der Waals surface area contributed by atoms with Crippen LogP contribution in [0.2, 0.25) is 0 Å². The molecular formula is C18H30N2. The highest BCUT2D eigenvalue weighted by molar-refractivity contribution is 5.14. The molecule has 2 heteroatoms. The number of likely N-dealkylation sites (N-methyl/N-ethyl adjacent to an activating group) is 1. The fraction of sp³-hybridized carbons (Fsp3) is 0.667. The number of hydrogen-bond donors (Lipinski definition) is 0. The first-order chi connectivity index (χ1) is 9.74. The molecule has 1 aromatic rings. The lowest BCUT2D eigenvalue weighted by atomic mass is 10.0. The molecule has 0 radical (unpaired) electrons. The maximum atomic E-state index is 2.64. The smallest absolute Gasteiger partial charge is 0.0234 e. The quantitative estimate of drug-likeness (QED) is 0.779. The molecule has 1 saturated heterocycles. The third-order valence-electron chi connectivity index (χ3n) is 4.82. The van der Waals surface area contributed by atoms with Crippen LogP contribution in [-0.2, 0) is 6.54 Å². The van der Waals surface area contributed by atoms with Gasteiger partial charge < -0.3 is 0 Å². The number of piperidine rings is 1. The summed E-state index contributed by atoms with van der Waals surface area (Å²) >= 11 is 0. The Balaban J connectivity index is 1.91. The maximum absolute atomic E-state index is 2.64. The van der Waals surface area contributed by atoms with Gasteiger partial charge in [0, 0.05) is 25.2 Å².